The molecule has 0 aromatic rings. The van der Waals surface area contributed by atoms with Gasteiger partial charge in [-0.1, -0.05) is 0 Å². The molecule has 3 amide bonds. The fourth-order valence-corrected chi connectivity index (χ4v) is 3.36. The lowest BCUT2D eigenvalue weighted by Crippen LogP contribution is -2.43. The van der Waals surface area contributed by atoms with E-state index in [4.69, 9.17) is 5.11 Å². The Hall–Kier alpha value is -1.79. The third-order valence-electron chi connectivity index (χ3n) is 4.56. The molecule has 2 N–H and O–H groups in total. The van der Waals surface area contributed by atoms with Gasteiger partial charge in [0.1, 0.15) is 0 Å². The van der Waals surface area contributed by atoms with Crippen LogP contribution in [0.1, 0.15) is 39.0 Å². The maximum absolute atomic E-state index is 12.6. The topological polar surface area (TPSA) is 90.0 Å². The van der Waals surface area contributed by atoms with E-state index in [0.717, 1.165) is 25.7 Å². The van der Waals surface area contributed by atoms with Crippen molar-refractivity contribution in [3.05, 3.63) is 0 Å². The van der Waals surface area contributed by atoms with Crippen molar-refractivity contribution in [1.82, 2.24) is 15.1 Å². The van der Waals surface area contributed by atoms with Gasteiger partial charge < -0.3 is 20.2 Å². The Bertz CT molecular complexity index is 433. The molecule has 1 aliphatic carbocycles. The first kappa shape index (κ1) is 16.6. The second kappa shape index (κ2) is 7.47. The van der Waals surface area contributed by atoms with E-state index in [0.29, 0.717) is 32.6 Å². The molecule has 2 rings (SSSR count). The van der Waals surface area contributed by atoms with Crippen LogP contribution in [0.5, 0.6) is 0 Å². The maximum atomic E-state index is 12.6. The molecule has 0 bridgehead atoms. The van der Waals surface area contributed by atoms with Gasteiger partial charge in [0.2, 0.25) is 11.8 Å². The number of nitrogens with zero attached hydrogens (tertiary/aromatic N) is 2. The first-order valence-electron chi connectivity index (χ1n) is 8.01. The van der Waals surface area contributed by atoms with Crippen LogP contribution in [-0.2, 0) is 9.59 Å². The number of carboxylic acid groups (broad SMARTS) is 1. The minimum atomic E-state index is -0.912. The lowest BCUT2D eigenvalue weighted by Gasteiger charge is -2.31. The fraction of sp³-hybridized carbons (Fsp3) is 0.800. The van der Waals surface area contributed by atoms with Gasteiger partial charge in [0, 0.05) is 45.1 Å². The molecule has 1 saturated heterocycles. The highest BCUT2D eigenvalue weighted by Crippen LogP contribution is 2.26. The lowest BCUT2D eigenvalue weighted by molar-refractivity contribution is -0.136. The van der Waals surface area contributed by atoms with Crippen LogP contribution in [0, 0.1) is 5.92 Å². The molecule has 2 fully saturated rings. The molecule has 0 atom stereocenters. The molecule has 1 saturated carbocycles. The van der Waals surface area contributed by atoms with Crippen LogP contribution < -0.4 is 5.32 Å². The smallest absolute Gasteiger partial charge is 0.407 e. The third kappa shape index (κ3) is 4.35. The van der Waals surface area contributed by atoms with Crippen molar-refractivity contribution in [3.8, 4) is 0 Å². The second-order valence-corrected chi connectivity index (χ2v) is 6.20. The van der Waals surface area contributed by atoms with E-state index in [2.05, 4.69) is 5.32 Å². The van der Waals surface area contributed by atoms with Crippen LogP contribution in [0.4, 0.5) is 4.79 Å². The molecule has 0 aromatic carbocycles. The Balaban J connectivity index is 1.82. The quantitative estimate of drug-likeness (QED) is 0.792. The molecule has 2 aliphatic rings. The first-order valence-corrected chi connectivity index (χ1v) is 8.01. The van der Waals surface area contributed by atoms with Crippen LogP contribution in [0.15, 0.2) is 0 Å². The molecule has 124 valence electrons. The van der Waals surface area contributed by atoms with Crippen molar-refractivity contribution in [2.45, 2.75) is 45.1 Å². The lowest BCUT2D eigenvalue weighted by atomic mass is 9.85. The van der Waals surface area contributed by atoms with Crippen LogP contribution in [0.3, 0.4) is 0 Å². The summed E-state index contributed by atoms with van der Waals surface area (Å²) in [6.07, 6.45) is 3.05. The zero-order chi connectivity index (χ0) is 16.1. The number of amides is 3. The van der Waals surface area contributed by atoms with Gasteiger partial charge in [-0.15, -0.1) is 0 Å². The number of hydrogen-bond donors (Lipinski definition) is 2. The monoisotopic (exact) mass is 311 g/mol. The zero-order valence-electron chi connectivity index (χ0n) is 13.1. The van der Waals surface area contributed by atoms with E-state index in [1.54, 1.807) is 0 Å². The van der Waals surface area contributed by atoms with Crippen molar-refractivity contribution in [2.75, 3.05) is 26.2 Å². The molecule has 0 spiro atoms. The Morgan fingerprint density at radius 3 is 2.14 bits per heavy atom. The van der Waals surface area contributed by atoms with Gasteiger partial charge in [0.15, 0.2) is 0 Å². The number of nitrogens with one attached hydrogen (secondary N) is 1. The van der Waals surface area contributed by atoms with Gasteiger partial charge in [0.25, 0.3) is 0 Å². The molecule has 7 heteroatoms. The highest BCUT2D eigenvalue weighted by Gasteiger charge is 2.31. The van der Waals surface area contributed by atoms with Gasteiger partial charge in [-0.05, 0) is 32.1 Å². The van der Waals surface area contributed by atoms with Gasteiger partial charge in [-0.3, -0.25) is 9.59 Å². The van der Waals surface area contributed by atoms with Gasteiger partial charge in [-0.2, -0.15) is 0 Å². The summed E-state index contributed by atoms with van der Waals surface area (Å²) >= 11 is 0. The number of carbonyl (C=O) groups excluding carboxylic acids is 2. The van der Waals surface area contributed by atoms with E-state index in [1.807, 2.05) is 4.90 Å². The molecular weight excluding hydrogens is 286 g/mol. The number of carbonyl (C=O) groups is 3. The average Bonchev–Trinajstić information content (AvgIpc) is 2.72. The average molecular weight is 311 g/mol. The van der Waals surface area contributed by atoms with Crippen LogP contribution in [0.25, 0.3) is 0 Å². The molecule has 22 heavy (non-hydrogen) atoms. The molecule has 1 aliphatic heterocycles. The minimum Gasteiger partial charge on any atom is -0.465 e. The molecule has 0 radical (unpaired) electrons. The van der Waals surface area contributed by atoms with E-state index < -0.39 is 6.09 Å². The van der Waals surface area contributed by atoms with Gasteiger partial charge in [0.05, 0.1) is 0 Å². The predicted molar refractivity (Wildman–Crippen MR) is 80.4 cm³/mol. The van der Waals surface area contributed by atoms with Gasteiger partial charge in [-0.25, -0.2) is 4.79 Å². The predicted octanol–water partition coefficient (Wildman–Crippen LogP) is 0.894. The summed E-state index contributed by atoms with van der Waals surface area (Å²) in [5.74, 6) is 0.144. The Kier molecular flexibility index (Phi) is 5.63. The summed E-state index contributed by atoms with van der Waals surface area (Å²) < 4.78 is 0. The van der Waals surface area contributed by atoms with Crippen LogP contribution in [0.2, 0.25) is 0 Å². The Morgan fingerprint density at radius 2 is 1.55 bits per heavy atom. The third-order valence-corrected chi connectivity index (χ3v) is 4.56. The molecular formula is C15H25N3O4. The summed E-state index contributed by atoms with van der Waals surface area (Å²) in [4.78, 5) is 37.8. The van der Waals surface area contributed by atoms with Crippen molar-refractivity contribution in [3.63, 3.8) is 0 Å². The highest BCUT2D eigenvalue weighted by atomic mass is 16.4. The van der Waals surface area contributed by atoms with Gasteiger partial charge >= 0.3 is 6.09 Å². The standard InChI is InChI=1S/C15H25N3O4/c1-11(19)16-13-5-3-12(4-6-13)14(20)17-7-2-8-18(10-9-17)15(21)22/h12-13H,2-10H2,1H3,(H,16,19)(H,21,22). The summed E-state index contributed by atoms with van der Waals surface area (Å²) in [5, 5.41) is 11.9. The van der Waals surface area contributed by atoms with E-state index >= 15 is 0 Å². The maximum Gasteiger partial charge on any atom is 0.407 e. The molecule has 0 unspecified atom stereocenters. The number of rotatable bonds is 2. The molecule has 7 nitrogen and oxygen atoms in total. The summed E-state index contributed by atoms with van der Waals surface area (Å²) in [5.41, 5.74) is 0. The summed E-state index contributed by atoms with van der Waals surface area (Å²) in [6.45, 7) is 3.52. The minimum absolute atomic E-state index is 0.0152. The Labute approximate surface area is 130 Å². The van der Waals surface area contributed by atoms with E-state index in [1.165, 1.54) is 11.8 Å². The van der Waals surface area contributed by atoms with Crippen molar-refractivity contribution in [2.24, 2.45) is 5.92 Å². The summed E-state index contributed by atoms with van der Waals surface area (Å²) in [6, 6.07) is 0.188. The molecule has 1 heterocycles. The normalized spacial score (nSPS) is 26.2. The zero-order valence-corrected chi connectivity index (χ0v) is 13.1. The largest absolute Gasteiger partial charge is 0.465 e. The van der Waals surface area contributed by atoms with Crippen molar-refractivity contribution < 1.29 is 19.5 Å². The fourth-order valence-electron chi connectivity index (χ4n) is 3.36. The van der Waals surface area contributed by atoms with E-state index in [9.17, 15) is 14.4 Å². The SMILES string of the molecule is CC(=O)NC1CCC(C(=O)N2CCCN(C(=O)O)CC2)CC1. The van der Waals surface area contributed by atoms with Crippen LogP contribution >= 0.6 is 0 Å². The second-order valence-electron chi connectivity index (χ2n) is 6.20. The van der Waals surface area contributed by atoms with Crippen molar-refractivity contribution in [1.29, 1.82) is 0 Å². The van der Waals surface area contributed by atoms with E-state index in [-0.39, 0.29) is 23.8 Å². The van der Waals surface area contributed by atoms with Crippen molar-refractivity contribution >= 4 is 17.9 Å². The molecule has 0 aromatic heterocycles. The number of hydrogen-bond acceptors (Lipinski definition) is 3. The summed E-state index contributed by atoms with van der Waals surface area (Å²) in [7, 11) is 0. The first-order chi connectivity index (χ1) is 10.5. The van der Waals surface area contributed by atoms with Crippen LogP contribution in [-0.4, -0.2) is 65.0 Å². The highest BCUT2D eigenvalue weighted by molar-refractivity contribution is 5.79. The Morgan fingerprint density at radius 1 is 0.955 bits per heavy atom.